The fraction of sp³-hybridized carbons (Fsp3) is 0.727. The second kappa shape index (κ2) is 8.17. The Balaban J connectivity index is 1.79. The Morgan fingerprint density at radius 2 is 1.93 bits per heavy atom. The van der Waals surface area contributed by atoms with E-state index in [0.717, 1.165) is 25.8 Å². The van der Waals surface area contributed by atoms with Crippen molar-refractivity contribution >= 4 is 11.9 Å². The highest BCUT2D eigenvalue weighted by Gasteiger charge is 2.34. The molecular formula is C22H35N3O2. The van der Waals surface area contributed by atoms with E-state index in [9.17, 15) is 4.79 Å². The van der Waals surface area contributed by atoms with Crippen LogP contribution in [0.2, 0.25) is 0 Å². The SMILES string of the molecule is CC(C)N1CCCC[C@@H]1c1ccc(N(C(=O)OC(C)(C)C)C2CCC2)nc1. The van der Waals surface area contributed by atoms with Gasteiger partial charge in [-0.05, 0) is 84.9 Å². The first-order valence-corrected chi connectivity index (χ1v) is 10.5. The smallest absolute Gasteiger partial charge is 0.416 e. The number of amides is 1. The van der Waals surface area contributed by atoms with E-state index >= 15 is 0 Å². The first-order valence-electron chi connectivity index (χ1n) is 10.5. The Morgan fingerprint density at radius 3 is 2.44 bits per heavy atom. The van der Waals surface area contributed by atoms with E-state index in [1.165, 1.54) is 24.8 Å². The Hall–Kier alpha value is -1.62. The summed E-state index contributed by atoms with van der Waals surface area (Å²) in [5.74, 6) is 0.713. The Morgan fingerprint density at radius 1 is 1.19 bits per heavy atom. The van der Waals surface area contributed by atoms with Gasteiger partial charge in [0.15, 0.2) is 0 Å². The van der Waals surface area contributed by atoms with Crippen LogP contribution in [0.1, 0.15) is 84.7 Å². The Bertz CT molecular complexity index is 632. The van der Waals surface area contributed by atoms with E-state index in [4.69, 9.17) is 9.72 Å². The monoisotopic (exact) mass is 373 g/mol. The van der Waals surface area contributed by atoms with E-state index in [1.807, 2.05) is 33.0 Å². The van der Waals surface area contributed by atoms with Crippen LogP contribution in [-0.4, -0.2) is 40.2 Å². The van der Waals surface area contributed by atoms with Crippen molar-refractivity contribution in [2.24, 2.45) is 0 Å². The van der Waals surface area contributed by atoms with Gasteiger partial charge in [-0.15, -0.1) is 0 Å². The maximum absolute atomic E-state index is 12.8. The number of rotatable bonds is 4. The normalized spacial score (nSPS) is 21.8. The molecule has 0 unspecified atom stereocenters. The van der Waals surface area contributed by atoms with Crippen molar-refractivity contribution in [1.29, 1.82) is 0 Å². The third kappa shape index (κ3) is 4.81. The second-order valence-electron chi connectivity index (χ2n) is 9.23. The highest BCUT2D eigenvalue weighted by Crippen LogP contribution is 2.34. The van der Waals surface area contributed by atoms with Crippen molar-refractivity contribution < 1.29 is 9.53 Å². The van der Waals surface area contributed by atoms with Crippen LogP contribution >= 0.6 is 0 Å². The molecule has 1 aliphatic carbocycles. The van der Waals surface area contributed by atoms with Crippen molar-refractivity contribution in [3.63, 3.8) is 0 Å². The van der Waals surface area contributed by atoms with Crippen LogP contribution in [0.5, 0.6) is 0 Å². The summed E-state index contributed by atoms with van der Waals surface area (Å²) in [4.78, 5) is 21.8. The molecule has 0 N–H and O–H groups in total. The van der Waals surface area contributed by atoms with Crippen molar-refractivity contribution in [2.75, 3.05) is 11.4 Å². The van der Waals surface area contributed by atoms with E-state index in [1.54, 1.807) is 4.90 Å². The lowest BCUT2D eigenvalue weighted by atomic mass is 9.91. The molecule has 2 fully saturated rings. The van der Waals surface area contributed by atoms with Gasteiger partial charge in [-0.1, -0.05) is 12.5 Å². The average molecular weight is 374 g/mol. The third-order valence-electron chi connectivity index (χ3n) is 5.64. The molecule has 1 aliphatic heterocycles. The van der Waals surface area contributed by atoms with Crippen molar-refractivity contribution in [2.45, 2.75) is 96.9 Å². The molecule has 1 saturated heterocycles. The van der Waals surface area contributed by atoms with E-state index < -0.39 is 5.60 Å². The van der Waals surface area contributed by atoms with E-state index in [-0.39, 0.29) is 12.1 Å². The molecule has 3 rings (SSSR count). The summed E-state index contributed by atoms with van der Waals surface area (Å²) in [6, 6.07) is 5.33. The number of hydrogen-bond donors (Lipinski definition) is 0. The average Bonchev–Trinajstić information content (AvgIpc) is 2.56. The summed E-state index contributed by atoms with van der Waals surface area (Å²) >= 11 is 0. The minimum absolute atomic E-state index is 0.208. The van der Waals surface area contributed by atoms with Crippen LogP contribution in [0.3, 0.4) is 0 Å². The second-order valence-corrected chi connectivity index (χ2v) is 9.23. The lowest BCUT2D eigenvalue weighted by Crippen LogP contribution is -2.47. The molecule has 2 heterocycles. The highest BCUT2D eigenvalue weighted by molar-refractivity contribution is 5.87. The maximum Gasteiger partial charge on any atom is 0.416 e. The third-order valence-corrected chi connectivity index (χ3v) is 5.64. The molecule has 150 valence electrons. The van der Waals surface area contributed by atoms with Gasteiger partial charge in [-0.3, -0.25) is 9.80 Å². The van der Waals surface area contributed by atoms with Gasteiger partial charge in [0.25, 0.3) is 0 Å². The molecular weight excluding hydrogens is 338 g/mol. The predicted octanol–water partition coefficient (Wildman–Crippen LogP) is 5.31. The summed E-state index contributed by atoms with van der Waals surface area (Å²) in [5, 5.41) is 0. The number of anilines is 1. The molecule has 0 aromatic carbocycles. The molecule has 27 heavy (non-hydrogen) atoms. The van der Waals surface area contributed by atoms with Crippen molar-refractivity contribution in [3.05, 3.63) is 23.9 Å². The standard InChI is InChI=1S/C22H35N3O2/c1-16(2)24-14-7-6-11-19(24)17-12-13-20(23-15-17)25(18-9-8-10-18)21(26)27-22(3,4)5/h12-13,15-16,18-19H,6-11,14H2,1-5H3/t19-/m1/s1. The van der Waals surface area contributed by atoms with Gasteiger partial charge in [0.05, 0.1) is 0 Å². The zero-order valence-electron chi connectivity index (χ0n) is 17.6. The largest absolute Gasteiger partial charge is 0.443 e. The molecule has 1 aromatic heterocycles. The summed E-state index contributed by atoms with van der Waals surface area (Å²) < 4.78 is 5.64. The van der Waals surface area contributed by atoms with Crippen LogP contribution in [0.15, 0.2) is 18.3 Å². The number of aromatic nitrogens is 1. The highest BCUT2D eigenvalue weighted by atomic mass is 16.6. The number of piperidine rings is 1. The zero-order chi connectivity index (χ0) is 19.6. The van der Waals surface area contributed by atoms with Gasteiger partial charge in [-0.2, -0.15) is 0 Å². The van der Waals surface area contributed by atoms with Crippen LogP contribution in [0.25, 0.3) is 0 Å². The number of pyridine rings is 1. The quantitative estimate of drug-likeness (QED) is 0.717. The molecule has 1 atom stereocenters. The molecule has 2 aliphatic rings. The van der Waals surface area contributed by atoms with Crippen molar-refractivity contribution in [3.8, 4) is 0 Å². The van der Waals surface area contributed by atoms with E-state index in [0.29, 0.717) is 17.9 Å². The topological polar surface area (TPSA) is 45.7 Å². The van der Waals surface area contributed by atoms with Gasteiger partial charge < -0.3 is 4.74 Å². The van der Waals surface area contributed by atoms with Crippen LogP contribution in [-0.2, 0) is 4.74 Å². The summed E-state index contributed by atoms with van der Waals surface area (Å²) in [5.41, 5.74) is 0.753. The first kappa shape index (κ1) is 20.1. The number of nitrogens with zero attached hydrogens (tertiary/aromatic N) is 3. The minimum atomic E-state index is -0.501. The van der Waals surface area contributed by atoms with Crippen LogP contribution in [0.4, 0.5) is 10.6 Å². The van der Waals surface area contributed by atoms with E-state index in [2.05, 4.69) is 24.8 Å². The predicted molar refractivity (Wildman–Crippen MR) is 109 cm³/mol. The maximum atomic E-state index is 12.8. The van der Waals surface area contributed by atoms with Gasteiger partial charge in [0.1, 0.15) is 11.4 Å². The van der Waals surface area contributed by atoms with Crippen LogP contribution < -0.4 is 4.90 Å². The molecule has 1 saturated carbocycles. The molecule has 0 radical (unpaired) electrons. The minimum Gasteiger partial charge on any atom is -0.443 e. The molecule has 1 aromatic rings. The molecule has 5 nitrogen and oxygen atoms in total. The Labute approximate surface area is 164 Å². The summed E-state index contributed by atoms with van der Waals surface area (Å²) in [7, 11) is 0. The molecule has 5 heteroatoms. The number of carbonyl (C=O) groups excluding carboxylic acids is 1. The Kier molecular flexibility index (Phi) is 6.09. The molecule has 0 spiro atoms. The lowest BCUT2D eigenvalue weighted by Gasteiger charge is -2.39. The molecule has 1 amide bonds. The number of hydrogen-bond acceptors (Lipinski definition) is 4. The van der Waals surface area contributed by atoms with Gasteiger partial charge in [-0.25, -0.2) is 9.78 Å². The van der Waals surface area contributed by atoms with Gasteiger partial charge >= 0.3 is 6.09 Å². The first-order chi connectivity index (χ1) is 12.8. The van der Waals surface area contributed by atoms with Crippen LogP contribution in [0, 0.1) is 0 Å². The lowest BCUT2D eigenvalue weighted by molar-refractivity contribution is 0.0548. The number of carbonyl (C=O) groups is 1. The summed E-state index contributed by atoms with van der Waals surface area (Å²) in [6.45, 7) is 11.4. The number of ether oxygens (including phenoxy) is 1. The fourth-order valence-electron chi connectivity index (χ4n) is 4.05. The molecule has 0 bridgehead atoms. The van der Waals surface area contributed by atoms with Gasteiger partial charge in [0.2, 0.25) is 0 Å². The number of likely N-dealkylation sites (tertiary alicyclic amines) is 1. The van der Waals surface area contributed by atoms with Crippen molar-refractivity contribution in [1.82, 2.24) is 9.88 Å². The zero-order valence-corrected chi connectivity index (χ0v) is 17.6. The summed E-state index contributed by atoms with van der Waals surface area (Å²) in [6.07, 6.45) is 8.60. The van der Waals surface area contributed by atoms with Gasteiger partial charge in [0, 0.05) is 24.3 Å². The fourth-order valence-corrected chi connectivity index (χ4v) is 4.05.